The molecule has 0 aromatic rings. The fourth-order valence-electron chi connectivity index (χ4n) is 0.708. The van der Waals surface area contributed by atoms with E-state index in [1.165, 1.54) is 6.08 Å². The van der Waals surface area contributed by atoms with Crippen molar-refractivity contribution in [1.29, 1.82) is 0 Å². The fourth-order valence-corrected chi connectivity index (χ4v) is 0.708. The van der Waals surface area contributed by atoms with E-state index in [9.17, 15) is 9.30 Å². The monoisotopic (exact) mass is 130 g/mol. The van der Waals surface area contributed by atoms with Crippen LogP contribution in [-0.2, 0) is 0 Å². The Hall–Kier alpha value is -0.770. The number of halogens is 1. The molecule has 0 aromatic carbocycles. The van der Waals surface area contributed by atoms with Crippen LogP contribution < -0.4 is 5.32 Å². The number of nitrogens with zero attached hydrogens (tertiary/aromatic N) is 1. The van der Waals surface area contributed by atoms with E-state index in [1.807, 2.05) is 0 Å². The number of nitrogens with one attached hydrogen (secondary N) is 1. The lowest BCUT2D eigenvalue weighted by molar-refractivity contribution is 0.288. The Balaban J connectivity index is 2.46. The molecule has 1 rings (SSSR count). The van der Waals surface area contributed by atoms with Gasteiger partial charge in [0.25, 0.3) is 0 Å². The molecule has 0 saturated heterocycles. The average molecular weight is 130 g/mol. The van der Waals surface area contributed by atoms with Crippen molar-refractivity contribution in [2.24, 2.45) is 5.18 Å². The number of hydrogen-bond acceptors (Lipinski definition) is 3. The summed E-state index contributed by atoms with van der Waals surface area (Å²) in [6, 6.07) is 0. The minimum absolute atomic E-state index is 0.490. The van der Waals surface area contributed by atoms with Crippen LogP contribution in [0.2, 0.25) is 0 Å². The van der Waals surface area contributed by atoms with Gasteiger partial charge < -0.3 is 0 Å². The number of hydrogen-bond donors (Lipinski definition) is 1. The SMILES string of the molecule is O=NC1CC=C[C@H](F)N1. The van der Waals surface area contributed by atoms with E-state index in [-0.39, 0.29) is 0 Å². The standard InChI is InChI=1S/C5H7FN2O/c6-4-2-1-3-5(7-4)8-9/h1-2,4-5,7H,3H2/t4-,5?/m1/s1. The molecule has 4 heteroatoms. The summed E-state index contributed by atoms with van der Waals surface area (Å²) in [4.78, 5) is 9.79. The molecule has 0 bridgehead atoms. The van der Waals surface area contributed by atoms with Gasteiger partial charge in [0.15, 0.2) is 6.30 Å². The summed E-state index contributed by atoms with van der Waals surface area (Å²) in [6.45, 7) is 0. The molecular weight excluding hydrogens is 123 g/mol. The minimum atomic E-state index is -1.21. The van der Waals surface area contributed by atoms with Crippen molar-refractivity contribution < 1.29 is 4.39 Å². The second-order valence-electron chi connectivity index (χ2n) is 1.85. The molecule has 0 amide bonds. The highest BCUT2D eigenvalue weighted by Crippen LogP contribution is 2.05. The molecule has 1 N–H and O–H groups in total. The quantitative estimate of drug-likeness (QED) is 0.326. The molecule has 0 aliphatic carbocycles. The zero-order chi connectivity index (χ0) is 6.69. The van der Waals surface area contributed by atoms with Gasteiger partial charge in [-0.2, -0.15) is 0 Å². The van der Waals surface area contributed by atoms with Gasteiger partial charge in [-0.15, -0.1) is 4.91 Å². The third-order valence-corrected chi connectivity index (χ3v) is 1.14. The first-order chi connectivity index (χ1) is 4.33. The maximum Gasteiger partial charge on any atom is 0.171 e. The molecule has 0 spiro atoms. The van der Waals surface area contributed by atoms with Crippen molar-refractivity contribution in [2.45, 2.75) is 18.9 Å². The molecule has 0 radical (unpaired) electrons. The lowest BCUT2D eigenvalue weighted by Gasteiger charge is -2.14. The van der Waals surface area contributed by atoms with E-state index in [4.69, 9.17) is 0 Å². The van der Waals surface area contributed by atoms with Crippen LogP contribution in [0.25, 0.3) is 0 Å². The van der Waals surface area contributed by atoms with Gasteiger partial charge in [-0.1, -0.05) is 11.3 Å². The van der Waals surface area contributed by atoms with E-state index < -0.39 is 12.5 Å². The second-order valence-corrected chi connectivity index (χ2v) is 1.85. The average Bonchev–Trinajstić information content (AvgIpc) is 1.88. The summed E-state index contributed by atoms with van der Waals surface area (Å²) >= 11 is 0. The first-order valence-corrected chi connectivity index (χ1v) is 2.72. The highest BCUT2D eigenvalue weighted by molar-refractivity contribution is 4.96. The van der Waals surface area contributed by atoms with Crippen LogP contribution in [0.3, 0.4) is 0 Å². The molecule has 1 aliphatic heterocycles. The molecule has 1 heterocycles. The van der Waals surface area contributed by atoms with Gasteiger partial charge >= 0.3 is 0 Å². The van der Waals surface area contributed by atoms with Crippen molar-refractivity contribution in [3.63, 3.8) is 0 Å². The zero-order valence-electron chi connectivity index (χ0n) is 4.75. The lowest BCUT2D eigenvalue weighted by Crippen LogP contribution is -2.35. The molecule has 2 atom stereocenters. The summed E-state index contributed by atoms with van der Waals surface area (Å²) in [6.07, 6.45) is 1.67. The minimum Gasteiger partial charge on any atom is -0.259 e. The van der Waals surface area contributed by atoms with Crippen LogP contribution in [0.1, 0.15) is 6.42 Å². The van der Waals surface area contributed by atoms with Gasteiger partial charge in [0, 0.05) is 6.42 Å². The molecule has 9 heavy (non-hydrogen) atoms. The highest BCUT2D eigenvalue weighted by atomic mass is 19.1. The fraction of sp³-hybridized carbons (Fsp3) is 0.600. The smallest absolute Gasteiger partial charge is 0.171 e. The Bertz CT molecular complexity index is 137. The van der Waals surface area contributed by atoms with Gasteiger partial charge in [-0.25, -0.2) is 4.39 Å². The molecule has 1 aliphatic rings. The maximum atomic E-state index is 12.2. The first-order valence-electron chi connectivity index (χ1n) is 2.72. The summed E-state index contributed by atoms with van der Waals surface area (Å²) in [5, 5.41) is 4.98. The van der Waals surface area contributed by atoms with Crippen molar-refractivity contribution in [3.8, 4) is 0 Å². The van der Waals surface area contributed by atoms with Crippen LogP contribution in [0, 0.1) is 4.91 Å². The third kappa shape index (κ3) is 1.57. The number of nitroso groups, excluding NO2 is 1. The lowest BCUT2D eigenvalue weighted by atomic mass is 10.2. The maximum absolute atomic E-state index is 12.2. The topological polar surface area (TPSA) is 41.5 Å². The van der Waals surface area contributed by atoms with Gasteiger partial charge in [-0.3, -0.25) is 5.32 Å². The predicted molar refractivity (Wildman–Crippen MR) is 31.4 cm³/mol. The third-order valence-electron chi connectivity index (χ3n) is 1.14. The Labute approximate surface area is 51.9 Å². The molecule has 0 aromatic heterocycles. The van der Waals surface area contributed by atoms with Crippen molar-refractivity contribution in [3.05, 3.63) is 17.1 Å². The Morgan fingerprint density at radius 2 is 2.56 bits per heavy atom. The normalized spacial score (nSPS) is 34.3. The van der Waals surface area contributed by atoms with E-state index in [0.29, 0.717) is 6.42 Å². The van der Waals surface area contributed by atoms with Gasteiger partial charge in [0.1, 0.15) is 6.17 Å². The molecule has 1 unspecified atom stereocenters. The van der Waals surface area contributed by atoms with Gasteiger partial charge in [0.05, 0.1) is 0 Å². The van der Waals surface area contributed by atoms with Crippen molar-refractivity contribution >= 4 is 0 Å². The molecule has 0 saturated carbocycles. The van der Waals surface area contributed by atoms with Gasteiger partial charge in [-0.05, 0) is 6.08 Å². The van der Waals surface area contributed by atoms with E-state index >= 15 is 0 Å². The highest BCUT2D eigenvalue weighted by Gasteiger charge is 2.14. The Morgan fingerprint density at radius 1 is 1.78 bits per heavy atom. The predicted octanol–water partition coefficient (Wildman–Crippen LogP) is 0.924. The molecule has 0 fully saturated rings. The summed E-state index contributed by atoms with van der Waals surface area (Å²) in [5.41, 5.74) is 0. The van der Waals surface area contributed by atoms with Crippen LogP contribution in [0.4, 0.5) is 4.39 Å². The molecular formula is C5H7FN2O. The number of alkyl halides is 1. The largest absolute Gasteiger partial charge is 0.259 e. The molecule has 50 valence electrons. The van der Waals surface area contributed by atoms with E-state index in [0.717, 1.165) is 0 Å². The Kier molecular flexibility index (Phi) is 1.89. The molecule has 3 nitrogen and oxygen atoms in total. The van der Waals surface area contributed by atoms with Crippen LogP contribution in [0.15, 0.2) is 17.3 Å². The summed E-state index contributed by atoms with van der Waals surface area (Å²) in [5.74, 6) is 0. The summed E-state index contributed by atoms with van der Waals surface area (Å²) < 4.78 is 12.2. The number of rotatable bonds is 1. The second kappa shape index (κ2) is 2.68. The van der Waals surface area contributed by atoms with Crippen molar-refractivity contribution in [1.82, 2.24) is 5.32 Å². The van der Waals surface area contributed by atoms with E-state index in [1.54, 1.807) is 6.08 Å². The first kappa shape index (κ1) is 6.35. The Morgan fingerprint density at radius 3 is 3.00 bits per heavy atom. The summed E-state index contributed by atoms with van der Waals surface area (Å²) in [7, 11) is 0. The van der Waals surface area contributed by atoms with Crippen LogP contribution >= 0.6 is 0 Å². The van der Waals surface area contributed by atoms with Crippen LogP contribution in [-0.4, -0.2) is 12.5 Å². The van der Waals surface area contributed by atoms with E-state index in [2.05, 4.69) is 10.5 Å². The van der Waals surface area contributed by atoms with Gasteiger partial charge in [0.2, 0.25) is 0 Å². The van der Waals surface area contributed by atoms with Crippen LogP contribution in [0.5, 0.6) is 0 Å². The van der Waals surface area contributed by atoms with Crippen molar-refractivity contribution in [2.75, 3.05) is 0 Å². The zero-order valence-corrected chi connectivity index (χ0v) is 4.75.